The molecule has 0 saturated carbocycles. The Kier molecular flexibility index (Phi) is 4.60. The van der Waals surface area contributed by atoms with Crippen molar-refractivity contribution < 1.29 is 8.95 Å². The van der Waals surface area contributed by atoms with Crippen LogP contribution >= 0.6 is 0 Å². The number of methoxy groups -OCH3 is 1. The lowest BCUT2D eigenvalue weighted by Crippen LogP contribution is -2.38. The predicted molar refractivity (Wildman–Crippen MR) is 103 cm³/mol. The third-order valence-electron chi connectivity index (χ3n) is 4.34. The molecule has 27 heavy (non-hydrogen) atoms. The van der Waals surface area contributed by atoms with Gasteiger partial charge >= 0.3 is 0 Å². The Morgan fingerprint density at radius 1 is 1.26 bits per heavy atom. The molecule has 10 heteroatoms. The van der Waals surface area contributed by atoms with Crippen molar-refractivity contribution in [3.8, 4) is 11.8 Å². The van der Waals surface area contributed by atoms with Gasteiger partial charge in [0.2, 0.25) is 11.6 Å². The van der Waals surface area contributed by atoms with Crippen LogP contribution in [0.1, 0.15) is 5.82 Å². The minimum atomic E-state index is -0.818. The SMILES string of the molecule is COc1c(Nc2n[nH]c3ccccc23)nc(C#N)nc1N1CCS(=O)CC1. The monoisotopic (exact) mass is 383 g/mol. The summed E-state index contributed by atoms with van der Waals surface area (Å²) in [5.41, 5.74) is 0.882. The van der Waals surface area contributed by atoms with E-state index in [1.165, 1.54) is 7.11 Å². The van der Waals surface area contributed by atoms with E-state index in [1.807, 2.05) is 35.2 Å². The molecule has 0 radical (unpaired) electrons. The van der Waals surface area contributed by atoms with Crippen LogP contribution in [0.2, 0.25) is 0 Å². The van der Waals surface area contributed by atoms with E-state index in [0.29, 0.717) is 47.8 Å². The summed E-state index contributed by atoms with van der Waals surface area (Å²) < 4.78 is 17.2. The van der Waals surface area contributed by atoms with Gasteiger partial charge in [-0.25, -0.2) is 0 Å². The van der Waals surface area contributed by atoms with Crippen molar-refractivity contribution in [2.24, 2.45) is 0 Å². The number of ether oxygens (including phenoxy) is 1. The van der Waals surface area contributed by atoms with E-state index >= 15 is 0 Å². The highest BCUT2D eigenvalue weighted by Crippen LogP contribution is 2.36. The summed E-state index contributed by atoms with van der Waals surface area (Å²) in [7, 11) is 0.714. The van der Waals surface area contributed by atoms with E-state index in [-0.39, 0.29) is 5.82 Å². The van der Waals surface area contributed by atoms with Crippen molar-refractivity contribution in [2.75, 3.05) is 41.9 Å². The zero-order valence-corrected chi connectivity index (χ0v) is 15.4. The van der Waals surface area contributed by atoms with Gasteiger partial charge in [-0.1, -0.05) is 12.1 Å². The summed E-state index contributed by atoms with van der Waals surface area (Å²) in [6.45, 7) is 1.16. The number of H-pyrrole nitrogens is 1. The van der Waals surface area contributed by atoms with Crippen LogP contribution in [-0.2, 0) is 10.8 Å². The van der Waals surface area contributed by atoms with Gasteiger partial charge < -0.3 is 15.0 Å². The Morgan fingerprint density at radius 2 is 2.04 bits per heavy atom. The van der Waals surface area contributed by atoms with Gasteiger partial charge in [0.15, 0.2) is 17.5 Å². The number of hydrogen-bond acceptors (Lipinski definition) is 8. The van der Waals surface area contributed by atoms with Gasteiger partial charge in [-0.3, -0.25) is 9.31 Å². The molecule has 2 aromatic heterocycles. The Balaban J connectivity index is 1.76. The molecule has 138 valence electrons. The van der Waals surface area contributed by atoms with E-state index in [1.54, 1.807) is 0 Å². The number of benzene rings is 1. The summed E-state index contributed by atoms with van der Waals surface area (Å²) in [6.07, 6.45) is 0. The molecular formula is C17H17N7O2S. The zero-order chi connectivity index (χ0) is 18.8. The molecule has 1 fully saturated rings. The van der Waals surface area contributed by atoms with Gasteiger partial charge in [0.05, 0.1) is 12.6 Å². The summed E-state index contributed by atoms with van der Waals surface area (Å²) >= 11 is 0. The third-order valence-corrected chi connectivity index (χ3v) is 5.61. The average Bonchev–Trinajstić information content (AvgIpc) is 3.11. The van der Waals surface area contributed by atoms with Crippen LogP contribution in [0.15, 0.2) is 24.3 Å². The molecule has 4 rings (SSSR count). The zero-order valence-electron chi connectivity index (χ0n) is 14.6. The predicted octanol–water partition coefficient (Wildman–Crippen LogP) is 1.55. The molecule has 3 aromatic rings. The largest absolute Gasteiger partial charge is 0.490 e. The molecule has 0 amide bonds. The fraction of sp³-hybridized carbons (Fsp3) is 0.294. The van der Waals surface area contributed by atoms with E-state index in [9.17, 15) is 9.47 Å². The fourth-order valence-corrected chi connectivity index (χ4v) is 4.05. The lowest BCUT2D eigenvalue weighted by Gasteiger charge is -2.29. The Bertz CT molecular complexity index is 1050. The highest BCUT2D eigenvalue weighted by Gasteiger charge is 2.24. The molecule has 1 aliphatic heterocycles. The number of hydrogen-bond donors (Lipinski definition) is 2. The van der Waals surface area contributed by atoms with Gasteiger partial charge in [0, 0.05) is 40.8 Å². The van der Waals surface area contributed by atoms with Crippen molar-refractivity contribution in [3.05, 3.63) is 30.1 Å². The standard InChI is InChI=1S/C17H17N7O2S/c1-26-14-16(21-15-11-4-2-3-5-12(11)22-23-15)19-13(10-18)20-17(14)24-6-8-27(25)9-7-24/h2-5H,6-9H2,1H3,(H2,19,20,21,22,23). The fourth-order valence-electron chi connectivity index (χ4n) is 3.00. The number of nitrogens with zero attached hydrogens (tertiary/aromatic N) is 5. The first kappa shape index (κ1) is 17.2. The highest BCUT2D eigenvalue weighted by atomic mass is 32.2. The second-order valence-electron chi connectivity index (χ2n) is 5.94. The molecule has 1 aliphatic rings. The van der Waals surface area contributed by atoms with Crippen LogP contribution in [0.3, 0.4) is 0 Å². The van der Waals surface area contributed by atoms with Crippen molar-refractivity contribution in [1.82, 2.24) is 20.2 Å². The van der Waals surface area contributed by atoms with Crippen molar-refractivity contribution in [1.29, 1.82) is 5.26 Å². The number of para-hydroxylation sites is 1. The molecule has 2 N–H and O–H groups in total. The van der Waals surface area contributed by atoms with E-state index in [4.69, 9.17) is 4.74 Å². The second-order valence-corrected chi connectivity index (χ2v) is 7.64. The lowest BCUT2D eigenvalue weighted by atomic mass is 10.2. The van der Waals surface area contributed by atoms with Gasteiger partial charge in [0.1, 0.15) is 6.07 Å². The molecule has 0 aliphatic carbocycles. The molecule has 3 heterocycles. The first-order valence-corrected chi connectivity index (χ1v) is 9.84. The molecular weight excluding hydrogens is 366 g/mol. The number of rotatable bonds is 4. The Hall–Kier alpha value is -3.19. The quantitative estimate of drug-likeness (QED) is 0.696. The van der Waals surface area contributed by atoms with Crippen LogP contribution < -0.4 is 15.0 Å². The number of nitriles is 1. The summed E-state index contributed by atoms with van der Waals surface area (Å²) in [4.78, 5) is 10.6. The van der Waals surface area contributed by atoms with Crippen LogP contribution in [-0.4, -0.2) is 56.1 Å². The number of nitrogens with one attached hydrogen (secondary N) is 2. The minimum absolute atomic E-state index is 0.0276. The van der Waals surface area contributed by atoms with Gasteiger partial charge in [0.25, 0.3) is 0 Å². The Morgan fingerprint density at radius 3 is 2.78 bits per heavy atom. The van der Waals surface area contributed by atoms with Crippen LogP contribution in [0.25, 0.3) is 10.9 Å². The van der Waals surface area contributed by atoms with E-state index in [2.05, 4.69) is 25.5 Å². The molecule has 0 atom stereocenters. The average molecular weight is 383 g/mol. The number of anilines is 3. The van der Waals surface area contributed by atoms with Crippen molar-refractivity contribution in [3.63, 3.8) is 0 Å². The highest BCUT2D eigenvalue weighted by molar-refractivity contribution is 7.85. The molecule has 9 nitrogen and oxygen atoms in total. The smallest absolute Gasteiger partial charge is 0.236 e. The summed E-state index contributed by atoms with van der Waals surface area (Å²) in [5.74, 6) is 3.03. The van der Waals surface area contributed by atoms with Crippen LogP contribution in [0, 0.1) is 11.3 Å². The van der Waals surface area contributed by atoms with Gasteiger partial charge in [-0.05, 0) is 12.1 Å². The van der Waals surface area contributed by atoms with Crippen molar-refractivity contribution >= 4 is 39.2 Å². The maximum atomic E-state index is 11.7. The normalized spacial score (nSPS) is 14.9. The van der Waals surface area contributed by atoms with Crippen molar-refractivity contribution in [2.45, 2.75) is 0 Å². The number of fused-ring (bicyclic) bond motifs is 1. The topological polar surface area (TPSA) is 120 Å². The maximum Gasteiger partial charge on any atom is 0.236 e. The molecule has 1 aromatic carbocycles. The maximum absolute atomic E-state index is 11.7. The summed E-state index contributed by atoms with van der Waals surface area (Å²) in [5, 5.41) is 20.6. The Labute approximate surface area is 157 Å². The second kappa shape index (κ2) is 7.20. The van der Waals surface area contributed by atoms with Crippen LogP contribution in [0.4, 0.5) is 17.5 Å². The van der Waals surface area contributed by atoms with Gasteiger partial charge in [-0.2, -0.15) is 20.3 Å². The molecule has 1 saturated heterocycles. The van der Waals surface area contributed by atoms with E-state index < -0.39 is 10.8 Å². The number of aromatic amines is 1. The molecule has 0 unspecified atom stereocenters. The summed E-state index contributed by atoms with van der Waals surface area (Å²) in [6, 6.07) is 9.68. The van der Waals surface area contributed by atoms with Crippen LogP contribution in [0.5, 0.6) is 5.75 Å². The van der Waals surface area contributed by atoms with Gasteiger partial charge in [-0.15, -0.1) is 0 Å². The molecule has 0 bridgehead atoms. The first-order valence-electron chi connectivity index (χ1n) is 8.36. The van der Waals surface area contributed by atoms with E-state index in [0.717, 1.165) is 10.9 Å². The first-order chi connectivity index (χ1) is 13.2. The molecule has 0 spiro atoms. The number of aromatic nitrogens is 4. The minimum Gasteiger partial charge on any atom is -0.490 e. The third kappa shape index (κ3) is 3.29. The lowest BCUT2D eigenvalue weighted by molar-refractivity contribution is 0.412.